The molecule has 13 heavy (non-hydrogen) atoms. The molecule has 0 N–H and O–H groups in total. The van der Waals surface area contributed by atoms with Crippen molar-refractivity contribution in [2.45, 2.75) is 11.0 Å². The van der Waals surface area contributed by atoms with E-state index in [2.05, 4.69) is 0 Å². The quantitative estimate of drug-likeness (QED) is 0.364. The number of benzene rings is 1. The zero-order chi connectivity index (χ0) is 9.68. The Balaban J connectivity index is 2.46. The summed E-state index contributed by atoms with van der Waals surface area (Å²) < 4.78 is 9.45. The lowest BCUT2D eigenvalue weighted by atomic mass is 10.3. The van der Waals surface area contributed by atoms with Crippen molar-refractivity contribution in [2.75, 3.05) is 0 Å². The van der Waals surface area contributed by atoms with Crippen LogP contribution in [0.4, 0.5) is 4.79 Å². The average Bonchev–Trinajstić information content (AvgIpc) is 2.04. The third kappa shape index (κ3) is 4.12. The molecule has 1 unspecified atom stereocenters. The Bertz CT molecular complexity index is 271. The fraction of sp³-hybridized carbons (Fsp3) is 0.222. The molecule has 0 bridgehead atoms. The van der Waals surface area contributed by atoms with Crippen LogP contribution < -0.4 is 4.74 Å². The fourth-order valence-corrected chi connectivity index (χ4v) is 0.949. The zero-order valence-electron chi connectivity index (χ0n) is 7.07. The Kier molecular flexibility index (Phi) is 4.01. The van der Waals surface area contributed by atoms with Crippen molar-refractivity contribution in [1.82, 2.24) is 0 Å². The maximum Gasteiger partial charge on any atom is 0.514 e. The molecule has 0 heterocycles. The first-order valence-corrected chi connectivity index (χ1v) is 5.00. The summed E-state index contributed by atoms with van der Waals surface area (Å²) in [5.74, 6) is 0.490. The van der Waals surface area contributed by atoms with Crippen molar-refractivity contribution in [3.8, 4) is 5.75 Å². The van der Waals surface area contributed by atoms with Gasteiger partial charge in [-0.1, -0.05) is 18.2 Å². The van der Waals surface area contributed by atoms with E-state index in [0.717, 1.165) is 0 Å². The van der Waals surface area contributed by atoms with Gasteiger partial charge in [-0.05, 0) is 41.6 Å². The van der Waals surface area contributed by atoms with E-state index in [0.29, 0.717) is 5.75 Å². The standard InChI is InChI=1S/C9H9IO3/c1-7(10)12-9(11)13-8-5-3-2-4-6-8/h2-7H,1H3. The number of halogens is 1. The van der Waals surface area contributed by atoms with Crippen LogP contribution >= 0.6 is 22.6 Å². The summed E-state index contributed by atoms with van der Waals surface area (Å²) in [6, 6.07) is 8.81. The van der Waals surface area contributed by atoms with Crippen molar-refractivity contribution < 1.29 is 14.3 Å². The second-order valence-electron chi connectivity index (χ2n) is 2.33. The van der Waals surface area contributed by atoms with Gasteiger partial charge in [0.25, 0.3) is 0 Å². The minimum absolute atomic E-state index is 0.186. The molecule has 1 aromatic carbocycles. The smallest absolute Gasteiger partial charge is 0.420 e. The summed E-state index contributed by atoms with van der Waals surface area (Å²) in [5, 5.41) is 0. The Hall–Kier alpha value is -0.780. The van der Waals surface area contributed by atoms with Crippen molar-refractivity contribution in [2.24, 2.45) is 0 Å². The summed E-state index contributed by atoms with van der Waals surface area (Å²) >= 11 is 1.98. The van der Waals surface area contributed by atoms with Crippen LogP contribution in [0.5, 0.6) is 5.75 Å². The maximum atomic E-state index is 11.0. The highest BCUT2D eigenvalue weighted by Gasteiger charge is 2.07. The van der Waals surface area contributed by atoms with Crippen LogP contribution in [0.2, 0.25) is 0 Å². The molecule has 70 valence electrons. The minimum atomic E-state index is -0.673. The van der Waals surface area contributed by atoms with Crippen LogP contribution in [-0.2, 0) is 4.74 Å². The third-order valence-electron chi connectivity index (χ3n) is 1.20. The highest BCUT2D eigenvalue weighted by atomic mass is 127. The lowest BCUT2D eigenvalue weighted by Crippen LogP contribution is -2.13. The molecule has 0 aliphatic heterocycles. The molecule has 4 heteroatoms. The largest absolute Gasteiger partial charge is 0.514 e. The topological polar surface area (TPSA) is 35.5 Å². The van der Waals surface area contributed by atoms with E-state index in [9.17, 15) is 4.79 Å². The van der Waals surface area contributed by atoms with Gasteiger partial charge < -0.3 is 9.47 Å². The Morgan fingerprint density at radius 3 is 2.54 bits per heavy atom. The molecule has 0 aliphatic rings. The lowest BCUT2D eigenvalue weighted by Gasteiger charge is -2.06. The first-order valence-electron chi connectivity index (χ1n) is 3.76. The van der Waals surface area contributed by atoms with E-state index in [-0.39, 0.29) is 4.11 Å². The predicted molar refractivity (Wildman–Crippen MR) is 57.0 cm³/mol. The molecule has 0 spiro atoms. The molecule has 3 nitrogen and oxygen atoms in total. The van der Waals surface area contributed by atoms with Gasteiger partial charge >= 0.3 is 6.16 Å². The van der Waals surface area contributed by atoms with Crippen LogP contribution in [0.15, 0.2) is 30.3 Å². The second-order valence-corrected chi connectivity index (χ2v) is 4.08. The molecular formula is C9H9IO3. The molecule has 0 saturated heterocycles. The van der Waals surface area contributed by atoms with Gasteiger partial charge in [0.05, 0.1) is 0 Å². The van der Waals surface area contributed by atoms with Gasteiger partial charge in [-0.25, -0.2) is 4.79 Å². The first-order chi connectivity index (χ1) is 6.18. The van der Waals surface area contributed by atoms with Crippen molar-refractivity contribution in [3.05, 3.63) is 30.3 Å². The van der Waals surface area contributed by atoms with E-state index in [1.807, 2.05) is 28.7 Å². The van der Waals surface area contributed by atoms with Gasteiger partial charge in [0.15, 0.2) is 4.11 Å². The van der Waals surface area contributed by atoms with Crippen LogP contribution in [0.1, 0.15) is 6.92 Å². The van der Waals surface area contributed by atoms with Crippen LogP contribution in [0.3, 0.4) is 0 Å². The summed E-state index contributed by atoms with van der Waals surface area (Å²) in [6.07, 6.45) is -0.673. The molecule has 0 aliphatic carbocycles. The van der Waals surface area contributed by atoms with E-state index < -0.39 is 6.16 Å². The number of carbonyl (C=O) groups is 1. The predicted octanol–water partition coefficient (Wildman–Crippen LogP) is 2.98. The maximum absolute atomic E-state index is 11.0. The minimum Gasteiger partial charge on any atom is -0.420 e. The van der Waals surface area contributed by atoms with Gasteiger partial charge in [-0.2, -0.15) is 0 Å². The second kappa shape index (κ2) is 5.06. The summed E-state index contributed by atoms with van der Waals surface area (Å²) in [5.41, 5.74) is 0. The molecule has 0 fully saturated rings. The van der Waals surface area contributed by atoms with Crippen molar-refractivity contribution in [3.63, 3.8) is 0 Å². The molecular weight excluding hydrogens is 283 g/mol. The summed E-state index contributed by atoms with van der Waals surface area (Å²) in [6.45, 7) is 1.76. The SMILES string of the molecule is CC(I)OC(=O)Oc1ccccc1. The van der Waals surface area contributed by atoms with Gasteiger partial charge in [0, 0.05) is 0 Å². The number of alkyl halides is 1. The number of para-hydroxylation sites is 1. The van der Waals surface area contributed by atoms with Crippen molar-refractivity contribution >= 4 is 28.7 Å². The van der Waals surface area contributed by atoms with E-state index >= 15 is 0 Å². The van der Waals surface area contributed by atoms with E-state index in [1.54, 1.807) is 31.2 Å². The number of hydrogen-bond acceptors (Lipinski definition) is 3. The molecule has 1 atom stereocenters. The van der Waals surface area contributed by atoms with Crippen molar-refractivity contribution in [1.29, 1.82) is 0 Å². The van der Waals surface area contributed by atoms with Crippen LogP contribution in [0.25, 0.3) is 0 Å². The summed E-state index contributed by atoms with van der Waals surface area (Å²) in [7, 11) is 0. The molecule has 0 radical (unpaired) electrons. The van der Waals surface area contributed by atoms with Crippen LogP contribution in [0, 0.1) is 0 Å². The molecule has 1 aromatic rings. The normalized spacial score (nSPS) is 11.8. The number of hydrogen-bond donors (Lipinski definition) is 0. The monoisotopic (exact) mass is 292 g/mol. The Morgan fingerprint density at radius 1 is 1.38 bits per heavy atom. The van der Waals surface area contributed by atoms with E-state index in [4.69, 9.17) is 9.47 Å². The zero-order valence-corrected chi connectivity index (χ0v) is 9.22. The highest BCUT2D eigenvalue weighted by Crippen LogP contribution is 2.10. The van der Waals surface area contributed by atoms with E-state index in [1.165, 1.54) is 0 Å². The number of carbonyl (C=O) groups excluding carboxylic acids is 1. The van der Waals surface area contributed by atoms with Crippen LogP contribution in [-0.4, -0.2) is 10.3 Å². The average molecular weight is 292 g/mol. The third-order valence-corrected chi connectivity index (χ3v) is 1.46. The Labute approximate surface area is 90.2 Å². The molecule has 0 saturated carbocycles. The highest BCUT2D eigenvalue weighted by molar-refractivity contribution is 14.1. The first kappa shape index (κ1) is 10.3. The fourth-order valence-electron chi connectivity index (χ4n) is 0.741. The number of rotatable bonds is 2. The van der Waals surface area contributed by atoms with Gasteiger partial charge in [0.1, 0.15) is 5.75 Å². The van der Waals surface area contributed by atoms with Gasteiger partial charge in [0.2, 0.25) is 0 Å². The molecule has 0 amide bonds. The number of ether oxygens (including phenoxy) is 2. The van der Waals surface area contributed by atoms with Gasteiger partial charge in [-0.3, -0.25) is 0 Å². The molecule has 1 rings (SSSR count). The van der Waals surface area contributed by atoms with Gasteiger partial charge in [-0.15, -0.1) is 0 Å². The lowest BCUT2D eigenvalue weighted by molar-refractivity contribution is 0.0988. The Morgan fingerprint density at radius 2 is 2.00 bits per heavy atom. The summed E-state index contributed by atoms with van der Waals surface area (Å²) in [4.78, 5) is 11.0. The molecule has 0 aromatic heterocycles.